The molecule has 0 heterocycles. The average molecular weight is 231 g/mol. The predicted octanol–water partition coefficient (Wildman–Crippen LogP) is 0.680. The quantitative estimate of drug-likeness (QED) is 0.706. The van der Waals surface area contributed by atoms with Gasteiger partial charge in [-0.05, 0) is 12.8 Å². The number of aliphatic hydroxyl groups is 1. The smallest absolute Gasteiger partial charge is 0.350 e. The van der Waals surface area contributed by atoms with Crippen molar-refractivity contribution in [1.82, 2.24) is 4.72 Å². The minimum absolute atomic E-state index is 0.256. The lowest BCUT2D eigenvalue weighted by atomic mass is 9.96. The molecule has 0 aromatic rings. The average Bonchev–Trinajstić information content (AvgIpc) is 2.14. The van der Waals surface area contributed by atoms with E-state index in [0.717, 1.165) is 0 Å². The summed E-state index contributed by atoms with van der Waals surface area (Å²) in [6.45, 7) is 2.74. The molecular formula is C7H15F2NO3S. The van der Waals surface area contributed by atoms with Gasteiger partial charge in [-0.3, -0.25) is 0 Å². The highest BCUT2D eigenvalue weighted by molar-refractivity contribution is 7.89. The number of aliphatic hydroxyl groups excluding tert-OH is 1. The fraction of sp³-hybridized carbons (Fsp3) is 1.00. The van der Waals surface area contributed by atoms with Crippen LogP contribution in [-0.2, 0) is 10.0 Å². The zero-order chi connectivity index (χ0) is 11.4. The van der Waals surface area contributed by atoms with Crippen molar-refractivity contribution in [3.05, 3.63) is 0 Å². The third kappa shape index (κ3) is 3.14. The molecule has 4 nitrogen and oxygen atoms in total. The van der Waals surface area contributed by atoms with Gasteiger partial charge in [0.1, 0.15) is 0 Å². The highest BCUT2D eigenvalue weighted by atomic mass is 32.2. The van der Waals surface area contributed by atoms with Gasteiger partial charge in [0, 0.05) is 0 Å². The van der Waals surface area contributed by atoms with Crippen LogP contribution in [0.3, 0.4) is 0 Å². The molecule has 0 unspecified atom stereocenters. The number of nitrogens with one attached hydrogen (secondary N) is 1. The Morgan fingerprint density at radius 3 is 2.00 bits per heavy atom. The van der Waals surface area contributed by atoms with E-state index in [2.05, 4.69) is 0 Å². The first-order chi connectivity index (χ1) is 6.33. The second-order valence-corrected chi connectivity index (χ2v) is 4.70. The minimum atomic E-state index is -4.64. The van der Waals surface area contributed by atoms with Crippen LogP contribution in [-0.4, -0.2) is 31.4 Å². The molecule has 0 bridgehead atoms. The van der Waals surface area contributed by atoms with Gasteiger partial charge in [0.2, 0.25) is 0 Å². The van der Waals surface area contributed by atoms with Gasteiger partial charge >= 0.3 is 5.76 Å². The molecule has 0 radical (unpaired) electrons. The molecule has 0 aliphatic rings. The largest absolute Gasteiger partial charge is 0.394 e. The van der Waals surface area contributed by atoms with Crippen LogP contribution in [0.15, 0.2) is 0 Å². The number of hydrogen-bond donors (Lipinski definition) is 2. The van der Waals surface area contributed by atoms with Gasteiger partial charge < -0.3 is 5.11 Å². The Hall–Kier alpha value is -0.270. The van der Waals surface area contributed by atoms with Crippen LogP contribution in [0.25, 0.3) is 0 Å². The van der Waals surface area contributed by atoms with Crippen molar-refractivity contribution in [2.45, 2.75) is 38.0 Å². The standard InChI is InChI=1S/C7H15F2NO3S/c1-3-7(4-2,5-11)10-14(12,13)6(8)9/h6,10-11H,3-5H2,1-2H3. The summed E-state index contributed by atoms with van der Waals surface area (Å²) in [6.07, 6.45) is 0.512. The van der Waals surface area contributed by atoms with E-state index in [9.17, 15) is 17.2 Å². The molecule has 0 aliphatic heterocycles. The molecule has 0 aromatic carbocycles. The Bertz CT molecular complexity index is 254. The number of rotatable bonds is 6. The number of halogens is 2. The molecule has 0 rings (SSSR count). The van der Waals surface area contributed by atoms with Gasteiger partial charge in [0.15, 0.2) is 0 Å². The van der Waals surface area contributed by atoms with E-state index in [0.29, 0.717) is 0 Å². The SMILES string of the molecule is CCC(CC)(CO)NS(=O)(=O)C(F)F. The van der Waals surface area contributed by atoms with Crippen LogP contribution >= 0.6 is 0 Å². The van der Waals surface area contributed by atoms with Gasteiger partial charge in [-0.1, -0.05) is 13.8 Å². The van der Waals surface area contributed by atoms with Gasteiger partial charge in [0.25, 0.3) is 10.0 Å². The first kappa shape index (κ1) is 13.7. The van der Waals surface area contributed by atoms with Crippen LogP contribution in [0.2, 0.25) is 0 Å². The van der Waals surface area contributed by atoms with Crippen molar-refractivity contribution in [3.8, 4) is 0 Å². The zero-order valence-corrected chi connectivity index (χ0v) is 8.94. The van der Waals surface area contributed by atoms with Crippen LogP contribution in [0.4, 0.5) is 8.78 Å². The van der Waals surface area contributed by atoms with Crippen molar-refractivity contribution in [1.29, 1.82) is 0 Å². The summed E-state index contributed by atoms with van der Waals surface area (Å²) in [4.78, 5) is 0. The van der Waals surface area contributed by atoms with Crippen molar-refractivity contribution >= 4 is 10.0 Å². The third-order valence-electron chi connectivity index (χ3n) is 2.25. The maximum Gasteiger partial charge on any atom is 0.350 e. The number of alkyl halides is 2. The lowest BCUT2D eigenvalue weighted by Crippen LogP contribution is -2.51. The van der Waals surface area contributed by atoms with E-state index in [1.54, 1.807) is 13.8 Å². The minimum Gasteiger partial charge on any atom is -0.394 e. The molecule has 2 N–H and O–H groups in total. The Balaban J connectivity index is 4.78. The lowest BCUT2D eigenvalue weighted by Gasteiger charge is -2.29. The van der Waals surface area contributed by atoms with E-state index < -0.39 is 27.9 Å². The van der Waals surface area contributed by atoms with Gasteiger partial charge in [-0.25, -0.2) is 13.1 Å². The normalized spacial score (nSPS) is 13.6. The Morgan fingerprint density at radius 2 is 1.79 bits per heavy atom. The summed E-state index contributed by atoms with van der Waals surface area (Å²) >= 11 is 0. The van der Waals surface area contributed by atoms with Crippen molar-refractivity contribution < 1.29 is 22.3 Å². The van der Waals surface area contributed by atoms with Gasteiger partial charge in [0.05, 0.1) is 12.1 Å². The van der Waals surface area contributed by atoms with E-state index in [-0.39, 0.29) is 12.8 Å². The van der Waals surface area contributed by atoms with Crippen molar-refractivity contribution in [3.63, 3.8) is 0 Å². The molecular weight excluding hydrogens is 216 g/mol. The second-order valence-electron chi connectivity index (χ2n) is 3.05. The third-order valence-corrected chi connectivity index (χ3v) is 3.44. The second kappa shape index (κ2) is 4.99. The van der Waals surface area contributed by atoms with E-state index in [1.165, 1.54) is 0 Å². The molecule has 0 amide bonds. The maximum atomic E-state index is 12.0. The molecule has 0 spiro atoms. The Kier molecular flexibility index (Phi) is 4.90. The summed E-state index contributed by atoms with van der Waals surface area (Å²) < 4.78 is 47.6. The molecule has 7 heteroatoms. The fourth-order valence-electron chi connectivity index (χ4n) is 0.997. The van der Waals surface area contributed by atoms with Crippen LogP contribution in [0.1, 0.15) is 26.7 Å². The Labute approximate surface area is 82.4 Å². The van der Waals surface area contributed by atoms with E-state index in [1.807, 2.05) is 4.72 Å². The summed E-state index contributed by atoms with van der Waals surface area (Å²) in [5, 5.41) is 8.95. The molecule has 0 atom stereocenters. The summed E-state index contributed by atoms with van der Waals surface area (Å²) in [5.41, 5.74) is -1.17. The number of hydrogen-bond acceptors (Lipinski definition) is 3. The van der Waals surface area contributed by atoms with Crippen LogP contribution in [0.5, 0.6) is 0 Å². The first-order valence-electron chi connectivity index (χ1n) is 4.25. The maximum absolute atomic E-state index is 12.0. The molecule has 0 saturated carbocycles. The highest BCUT2D eigenvalue weighted by Crippen LogP contribution is 2.17. The monoisotopic (exact) mass is 231 g/mol. The highest BCUT2D eigenvalue weighted by Gasteiger charge is 2.35. The van der Waals surface area contributed by atoms with E-state index >= 15 is 0 Å². The Morgan fingerprint density at radius 1 is 1.36 bits per heavy atom. The molecule has 0 aromatic heterocycles. The predicted molar refractivity (Wildman–Crippen MR) is 48.5 cm³/mol. The first-order valence-corrected chi connectivity index (χ1v) is 5.80. The van der Waals surface area contributed by atoms with Crippen LogP contribution < -0.4 is 4.72 Å². The lowest BCUT2D eigenvalue weighted by molar-refractivity contribution is 0.166. The molecule has 86 valence electrons. The van der Waals surface area contributed by atoms with Crippen molar-refractivity contribution in [2.24, 2.45) is 0 Å². The zero-order valence-electron chi connectivity index (χ0n) is 8.13. The topological polar surface area (TPSA) is 66.4 Å². The van der Waals surface area contributed by atoms with Gasteiger partial charge in [-0.2, -0.15) is 8.78 Å². The van der Waals surface area contributed by atoms with Gasteiger partial charge in [-0.15, -0.1) is 0 Å². The molecule has 0 fully saturated rings. The van der Waals surface area contributed by atoms with Crippen LogP contribution in [0, 0.1) is 0 Å². The molecule has 0 saturated heterocycles. The molecule has 0 aliphatic carbocycles. The summed E-state index contributed by atoms with van der Waals surface area (Å²) in [5.74, 6) is -3.47. The summed E-state index contributed by atoms with van der Waals surface area (Å²) in [7, 11) is -4.64. The van der Waals surface area contributed by atoms with E-state index in [4.69, 9.17) is 5.11 Å². The molecule has 14 heavy (non-hydrogen) atoms. The number of sulfonamides is 1. The van der Waals surface area contributed by atoms with Crippen molar-refractivity contribution in [2.75, 3.05) is 6.61 Å². The summed E-state index contributed by atoms with van der Waals surface area (Å²) in [6, 6.07) is 0. The fourth-order valence-corrected chi connectivity index (χ4v) is 2.04.